The highest BCUT2D eigenvalue weighted by atomic mass is 35.5. The van der Waals surface area contributed by atoms with Crippen molar-refractivity contribution in [3.63, 3.8) is 0 Å². The molecule has 1 amide bonds. The van der Waals surface area contributed by atoms with Gasteiger partial charge in [-0.25, -0.2) is 0 Å². The molecule has 0 bridgehead atoms. The van der Waals surface area contributed by atoms with Gasteiger partial charge in [0.1, 0.15) is 17.0 Å². The normalized spacial score (nSPS) is 21.5. The molecule has 5 heteroatoms. The van der Waals surface area contributed by atoms with Crippen molar-refractivity contribution in [2.24, 2.45) is 0 Å². The molecule has 1 aliphatic rings. The Balaban J connectivity index is 2.05. The van der Waals surface area contributed by atoms with Gasteiger partial charge in [-0.1, -0.05) is 35.0 Å². The number of carbonyl (C=O) groups excluding carboxylic acids is 1. The maximum atomic E-state index is 13.2. The molecule has 1 fully saturated rings. The number of halogens is 1. The maximum Gasteiger partial charge on any atom is 0.260 e. The summed E-state index contributed by atoms with van der Waals surface area (Å²) in [4.78, 5) is 15.2. The lowest BCUT2D eigenvalue weighted by molar-refractivity contribution is 0.0509. The number of hydrogen-bond donors (Lipinski definition) is 0. The highest BCUT2D eigenvalue weighted by Gasteiger charge is 2.34. The van der Waals surface area contributed by atoms with Crippen LogP contribution in [0.1, 0.15) is 49.2 Å². The summed E-state index contributed by atoms with van der Waals surface area (Å²) >= 11 is 6.28. The van der Waals surface area contributed by atoms with Gasteiger partial charge in [0.05, 0.1) is 5.02 Å². The van der Waals surface area contributed by atoms with Gasteiger partial charge < -0.3 is 9.42 Å². The molecule has 23 heavy (non-hydrogen) atoms. The average Bonchev–Trinajstić information content (AvgIpc) is 2.89. The Kier molecular flexibility index (Phi) is 4.44. The van der Waals surface area contributed by atoms with Gasteiger partial charge in [-0.15, -0.1) is 0 Å². The highest BCUT2D eigenvalue weighted by molar-refractivity contribution is 6.33. The molecule has 1 saturated heterocycles. The smallest absolute Gasteiger partial charge is 0.260 e. The van der Waals surface area contributed by atoms with Crippen LogP contribution in [0.15, 0.2) is 28.8 Å². The Labute approximate surface area is 141 Å². The number of nitrogens with zero attached hydrogens (tertiary/aromatic N) is 2. The Bertz CT molecular complexity index is 716. The number of piperidine rings is 1. The van der Waals surface area contributed by atoms with Crippen LogP contribution in [-0.2, 0) is 0 Å². The lowest BCUT2D eigenvalue weighted by atomic mass is 9.95. The van der Waals surface area contributed by atoms with Crippen molar-refractivity contribution in [2.75, 3.05) is 0 Å². The van der Waals surface area contributed by atoms with Crippen molar-refractivity contribution >= 4 is 17.5 Å². The van der Waals surface area contributed by atoms with E-state index in [0.29, 0.717) is 22.0 Å². The molecule has 0 spiro atoms. The second-order valence-corrected chi connectivity index (χ2v) is 6.69. The molecular formula is C18H21ClN2O2. The van der Waals surface area contributed by atoms with Gasteiger partial charge in [0, 0.05) is 17.6 Å². The molecule has 2 heterocycles. The van der Waals surface area contributed by atoms with Crippen LogP contribution in [0.25, 0.3) is 11.3 Å². The van der Waals surface area contributed by atoms with E-state index in [1.54, 1.807) is 13.0 Å². The van der Waals surface area contributed by atoms with Crippen LogP contribution in [0.2, 0.25) is 5.02 Å². The average molecular weight is 333 g/mol. The Morgan fingerprint density at radius 1 is 1.26 bits per heavy atom. The van der Waals surface area contributed by atoms with E-state index >= 15 is 0 Å². The van der Waals surface area contributed by atoms with Crippen molar-refractivity contribution in [3.05, 3.63) is 40.6 Å². The van der Waals surface area contributed by atoms with Crippen molar-refractivity contribution in [2.45, 2.75) is 52.1 Å². The third-order valence-corrected chi connectivity index (χ3v) is 4.96. The number of rotatable bonds is 2. The summed E-state index contributed by atoms with van der Waals surface area (Å²) < 4.78 is 5.33. The summed E-state index contributed by atoms with van der Waals surface area (Å²) in [6.45, 7) is 5.98. The number of benzene rings is 1. The Hall–Kier alpha value is -1.81. The van der Waals surface area contributed by atoms with Gasteiger partial charge in [0.15, 0.2) is 0 Å². The summed E-state index contributed by atoms with van der Waals surface area (Å²) in [5, 5.41) is 4.67. The molecule has 4 nitrogen and oxygen atoms in total. The number of aromatic nitrogens is 1. The van der Waals surface area contributed by atoms with E-state index in [0.717, 1.165) is 24.8 Å². The molecule has 1 aromatic heterocycles. The van der Waals surface area contributed by atoms with Crippen LogP contribution in [0.3, 0.4) is 0 Å². The van der Waals surface area contributed by atoms with E-state index in [9.17, 15) is 4.79 Å². The lowest BCUT2D eigenvalue weighted by Crippen LogP contribution is -2.47. The zero-order chi connectivity index (χ0) is 16.6. The minimum Gasteiger partial charge on any atom is -0.360 e. The van der Waals surface area contributed by atoms with Gasteiger partial charge in [-0.2, -0.15) is 0 Å². The summed E-state index contributed by atoms with van der Waals surface area (Å²) in [6, 6.07) is 7.83. The van der Waals surface area contributed by atoms with E-state index in [1.165, 1.54) is 0 Å². The first-order valence-corrected chi connectivity index (χ1v) is 8.42. The molecular weight excluding hydrogens is 312 g/mol. The molecule has 0 N–H and O–H groups in total. The zero-order valence-electron chi connectivity index (χ0n) is 13.7. The minimum atomic E-state index is -0.0154. The first kappa shape index (κ1) is 16.1. The molecule has 0 aliphatic carbocycles. The van der Waals surface area contributed by atoms with E-state index in [-0.39, 0.29) is 18.0 Å². The zero-order valence-corrected chi connectivity index (χ0v) is 14.4. The molecule has 0 radical (unpaired) electrons. The molecule has 0 saturated carbocycles. The van der Waals surface area contributed by atoms with Gasteiger partial charge in [-0.3, -0.25) is 4.79 Å². The van der Waals surface area contributed by atoms with E-state index in [4.69, 9.17) is 16.1 Å². The predicted octanol–water partition coefficient (Wildman–Crippen LogP) is 4.71. The fraction of sp³-hybridized carbons (Fsp3) is 0.444. The predicted molar refractivity (Wildman–Crippen MR) is 90.6 cm³/mol. The van der Waals surface area contributed by atoms with Crippen LogP contribution >= 0.6 is 11.6 Å². The van der Waals surface area contributed by atoms with Crippen LogP contribution in [0.5, 0.6) is 0 Å². The summed E-state index contributed by atoms with van der Waals surface area (Å²) in [5.41, 5.74) is 1.79. The molecule has 1 aliphatic heterocycles. The van der Waals surface area contributed by atoms with Gasteiger partial charge >= 0.3 is 0 Å². The van der Waals surface area contributed by atoms with Crippen LogP contribution in [0.4, 0.5) is 0 Å². The minimum absolute atomic E-state index is 0.0154. The second-order valence-electron chi connectivity index (χ2n) is 6.28. The van der Waals surface area contributed by atoms with Crippen molar-refractivity contribution < 1.29 is 9.32 Å². The summed E-state index contributed by atoms with van der Waals surface area (Å²) in [5.74, 6) is 0.522. The summed E-state index contributed by atoms with van der Waals surface area (Å²) in [6.07, 6.45) is 3.22. The fourth-order valence-electron chi connectivity index (χ4n) is 3.41. The largest absolute Gasteiger partial charge is 0.360 e. The third kappa shape index (κ3) is 2.88. The van der Waals surface area contributed by atoms with Gasteiger partial charge in [-0.05, 0) is 46.1 Å². The van der Waals surface area contributed by atoms with Gasteiger partial charge in [0.2, 0.25) is 0 Å². The van der Waals surface area contributed by atoms with Crippen LogP contribution in [-0.4, -0.2) is 28.0 Å². The highest BCUT2D eigenvalue weighted by Crippen LogP contribution is 2.33. The number of carbonyl (C=O) groups is 1. The number of amides is 1. The van der Waals surface area contributed by atoms with Crippen molar-refractivity contribution in [1.29, 1.82) is 0 Å². The molecule has 1 aromatic carbocycles. The Morgan fingerprint density at radius 2 is 1.91 bits per heavy atom. The SMILES string of the molecule is Cc1onc(-c2ccccc2Cl)c1C(=O)N1C(C)CCCC1C. The maximum absolute atomic E-state index is 13.2. The monoisotopic (exact) mass is 332 g/mol. The summed E-state index contributed by atoms with van der Waals surface area (Å²) in [7, 11) is 0. The molecule has 2 atom stereocenters. The topological polar surface area (TPSA) is 46.3 Å². The fourth-order valence-corrected chi connectivity index (χ4v) is 3.64. The molecule has 2 aromatic rings. The third-order valence-electron chi connectivity index (χ3n) is 4.63. The van der Waals surface area contributed by atoms with Crippen LogP contribution in [0, 0.1) is 6.92 Å². The second kappa shape index (κ2) is 6.36. The molecule has 3 rings (SSSR count). The quantitative estimate of drug-likeness (QED) is 0.800. The van der Waals surface area contributed by atoms with Gasteiger partial charge in [0.25, 0.3) is 5.91 Å². The Morgan fingerprint density at radius 3 is 2.57 bits per heavy atom. The molecule has 122 valence electrons. The van der Waals surface area contributed by atoms with Crippen molar-refractivity contribution in [1.82, 2.24) is 10.1 Å². The first-order valence-electron chi connectivity index (χ1n) is 8.04. The number of hydrogen-bond acceptors (Lipinski definition) is 3. The lowest BCUT2D eigenvalue weighted by Gasteiger charge is -2.39. The standard InChI is InChI=1S/C18H21ClN2O2/c1-11-7-6-8-12(2)21(11)18(22)16-13(3)23-20-17(16)14-9-4-5-10-15(14)19/h4-5,9-12H,6-8H2,1-3H3. The van der Waals surface area contributed by atoms with E-state index in [1.807, 2.05) is 23.1 Å². The van der Waals surface area contributed by atoms with Crippen molar-refractivity contribution in [3.8, 4) is 11.3 Å². The van der Waals surface area contributed by atoms with E-state index in [2.05, 4.69) is 19.0 Å². The van der Waals surface area contributed by atoms with E-state index < -0.39 is 0 Å². The van der Waals surface area contributed by atoms with Crippen LogP contribution < -0.4 is 0 Å². The number of likely N-dealkylation sites (tertiary alicyclic amines) is 1. The molecule has 2 unspecified atom stereocenters. The first-order chi connectivity index (χ1) is 11.0. The number of aryl methyl sites for hydroxylation is 1.